The second kappa shape index (κ2) is 13.4. The third kappa shape index (κ3) is 8.61. The van der Waals surface area contributed by atoms with Gasteiger partial charge in [-0.15, -0.1) is 24.8 Å². The van der Waals surface area contributed by atoms with Gasteiger partial charge in [0.1, 0.15) is 12.4 Å². The highest BCUT2D eigenvalue weighted by atomic mass is 35.5. The van der Waals surface area contributed by atoms with Crippen LogP contribution in [-0.4, -0.2) is 23.5 Å². The number of pyridine rings is 1. The van der Waals surface area contributed by atoms with E-state index in [4.69, 9.17) is 10.5 Å². The van der Waals surface area contributed by atoms with E-state index in [2.05, 4.69) is 17.2 Å². The second-order valence-electron chi connectivity index (χ2n) is 6.17. The Hall–Kier alpha value is -1.82. The normalized spacial score (nSPS) is 10.9. The lowest BCUT2D eigenvalue weighted by atomic mass is 10.1. The van der Waals surface area contributed by atoms with Crippen LogP contribution in [-0.2, 0) is 6.61 Å². The monoisotopic (exact) mass is 413 g/mol. The van der Waals surface area contributed by atoms with Gasteiger partial charge in [-0.3, -0.25) is 9.78 Å². The van der Waals surface area contributed by atoms with Crippen LogP contribution < -0.4 is 15.8 Å². The average Bonchev–Trinajstić information content (AvgIpc) is 2.64. The Morgan fingerprint density at radius 1 is 1.26 bits per heavy atom. The smallest absolute Gasteiger partial charge is 0.251 e. The largest absolute Gasteiger partial charge is 0.487 e. The maximum atomic E-state index is 12.4. The molecule has 150 valence electrons. The number of nitrogens with one attached hydrogen (secondary N) is 1. The van der Waals surface area contributed by atoms with Crippen molar-refractivity contribution < 1.29 is 9.53 Å². The summed E-state index contributed by atoms with van der Waals surface area (Å²) in [4.78, 5) is 16.6. The Morgan fingerprint density at radius 3 is 2.67 bits per heavy atom. The molecule has 1 aromatic carbocycles. The van der Waals surface area contributed by atoms with Crippen LogP contribution in [0.1, 0.15) is 47.8 Å². The molecule has 27 heavy (non-hydrogen) atoms. The topological polar surface area (TPSA) is 77.2 Å². The summed E-state index contributed by atoms with van der Waals surface area (Å²) in [5.41, 5.74) is 8.26. The summed E-state index contributed by atoms with van der Waals surface area (Å²) in [6, 6.07) is 11.3. The van der Waals surface area contributed by atoms with Gasteiger partial charge < -0.3 is 15.8 Å². The molecule has 0 saturated carbocycles. The van der Waals surface area contributed by atoms with E-state index in [0.717, 1.165) is 30.5 Å². The van der Waals surface area contributed by atoms with Gasteiger partial charge in [-0.25, -0.2) is 0 Å². The minimum atomic E-state index is -0.0922. The molecular formula is C20H29Cl2N3O2. The molecule has 5 nitrogen and oxygen atoms in total. The Labute approximate surface area is 173 Å². The highest BCUT2D eigenvalue weighted by molar-refractivity contribution is 5.94. The minimum Gasteiger partial charge on any atom is -0.487 e. The van der Waals surface area contributed by atoms with Crippen LogP contribution in [0.2, 0.25) is 0 Å². The fourth-order valence-corrected chi connectivity index (χ4v) is 2.48. The maximum Gasteiger partial charge on any atom is 0.251 e. The first-order valence-corrected chi connectivity index (χ1v) is 8.77. The molecule has 0 fully saturated rings. The molecule has 7 heteroatoms. The van der Waals surface area contributed by atoms with Crippen LogP contribution >= 0.6 is 24.8 Å². The SMILES string of the molecule is CCCCC(CN)NC(=O)c1cccc(COc2ccc(C)nc2)c1.Cl.Cl. The number of halogens is 2. The van der Waals surface area contributed by atoms with E-state index in [1.807, 2.05) is 37.3 Å². The van der Waals surface area contributed by atoms with E-state index in [1.165, 1.54) is 0 Å². The van der Waals surface area contributed by atoms with E-state index in [1.54, 1.807) is 12.3 Å². The molecule has 0 spiro atoms. The van der Waals surface area contributed by atoms with Gasteiger partial charge in [0.05, 0.1) is 6.20 Å². The maximum absolute atomic E-state index is 12.4. The van der Waals surface area contributed by atoms with Crippen molar-refractivity contribution >= 4 is 30.7 Å². The third-order valence-corrected chi connectivity index (χ3v) is 4.00. The summed E-state index contributed by atoms with van der Waals surface area (Å²) in [6.07, 6.45) is 4.75. The highest BCUT2D eigenvalue weighted by Gasteiger charge is 2.12. The fraction of sp³-hybridized carbons (Fsp3) is 0.400. The molecule has 2 aromatic rings. The van der Waals surface area contributed by atoms with Gasteiger partial charge in [-0.2, -0.15) is 0 Å². The number of aryl methyl sites for hydroxylation is 1. The van der Waals surface area contributed by atoms with Crippen molar-refractivity contribution in [3.05, 3.63) is 59.4 Å². The zero-order chi connectivity index (χ0) is 18.1. The molecule has 0 aliphatic carbocycles. The molecule has 1 heterocycles. The number of nitrogens with two attached hydrogens (primary N) is 1. The predicted octanol–water partition coefficient (Wildman–Crippen LogP) is 4.06. The van der Waals surface area contributed by atoms with Crippen LogP contribution in [0.4, 0.5) is 0 Å². The number of ether oxygens (including phenoxy) is 1. The third-order valence-electron chi connectivity index (χ3n) is 4.00. The van der Waals surface area contributed by atoms with E-state index >= 15 is 0 Å². The predicted molar refractivity (Wildman–Crippen MR) is 114 cm³/mol. The lowest BCUT2D eigenvalue weighted by Crippen LogP contribution is -2.40. The number of aromatic nitrogens is 1. The van der Waals surface area contributed by atoms with Crippen molar-refractivity contribution in [2.24, 2.45) is 5.73 Å². The number of rotatable bonds is 9. The van der Waals surface area contributed by atoms with Crippen LogP contribution in [0.25, 0.3) is 0 Å². The molecule has 1 atom stereocenters. The van der Waals surface area contributed by atoms with E-state index in [9.17, 15) is 4.79 Å². The Kier molecular flexibility index (Phi) is 12.5. The molecule has 2 rings (SSSR count). The molecule has 0 aliphatic heterocycles. The summed E-state index contributed by atoms with van der Waals surface area (Å²) in [5.74, 6) is 0.619. The van der Waals surface area contributed by atoms with E-state index in [0.29, 0.717) is 24.5 Å². The Balaban J connectivity index is 0.00000338. The van der Waals surface area contributed by atoms with Crippen molar-refractivity contribution in [1.82, 2.24) is 10.3 Å². The van der Waals surface area contributed by atoms with Crippen LogP contribution in [0.15, 0.2) is 42.6 Å². The molecule has 0 aliphatic rings. The van der Waals surface area contributed by atoms with Crippen molar-refractivity contribution in [3.63, 3.8) is 0 Å². The summed E-state index contributed by atoms with van der Waals surface area (Å²) in [5, 5.41) is 3.01. The first-order valence-electron chi connectivity index (χ1n) is 8.77. The fourth-order valence-electron chi connectivity index (χ4n) is 2.48. The molecule has 1 aromatic heterocycles. The average molecular weight is 414 g/mol. The van der Waals surface area contributed by atoms with E-state index < -0.39 is 0 Å². The number of benzene rings is 1. The Bertz CT molecular complexity index is 681. The first-order chi connectivity index (χ1) is 12.1. The Morgan fingerprint density at radius 2 is 2.04 bits per heavy atom. The number of nitrogens with zero attached hydrogens (tertiary/aromatic N) is 1. The molecule has 1 unspecified atom stereocenters. The molecular weight excluding hydrogens is 385 g/mol. The van der Waals surface area contributed by atoms with Gasteiger partial charge in [0.2, 0.25) is 0 Å². The van der Waals surface area contributed by atoms with Crippen LogP contribution in [0.5, 0.6) is 5.75 Å². The summed E-state index contributed by atoms with van der Waals surface area (Å²) < 4.78 is 5.72. The molecule has 0 saturated heterocycles. The first kappa shape index (κ1) is 25.2. The van der Waals surface area contributed by atoms with Crippen molar-refractivity contribution in [2.45, 2.75) is 45.8 Å². The van der Waals surface area contributed by atoms with Crippen LogP contribution in [0.3, 0.4) is 0 Å². The molecule has 3 N–H and O–H groups in total. The summed E-state index contributed by atoms with van der Waals surface area (Å²) >= 11 is 0. The summed E-state index contributed by atoms with van der Waals surface area (Å²) in [7, 11) is 0. The second-order valence-corrected chi connectivity index (χ2v) is 6.17. The van der Waals surface area contributed by atoms with Gasteiger partial charge in [0, 0.05) is 23.8 Å². The molecule has 0 radical (unpaired) electrons. The number of hydrogen-bond acceptors (Lipinski definition) is 4. The zero-order valence-electron chi connectivity index (χ0n) is 15.8. The van der Waals surface area contributed by atoms with E-state index in [-0.39, 0.29) is 36.8 Å². The standard InChI is InChI=1S/C20H27N3O2.2ClH/c1-3-4-8-18(12-21)23-20(24)17-7-5-6-16(11-17)14-25-19-10-9-15(2)22-13-19;;/h5-7,9-11,13,18H,3-4,8,12,14,21H2,1-2H3,(H,23,24);2*1H. The van der Waals surface area contributed by atoms with Crippen LogP contribution in [0, 0.1) is 6.92 Å². The van der Waals surface area contributed by atoms with Gasteiger partial charge in [-0.05, 0) is 43.2 Å². The number of carbonyl (C=O) groups is 1. The highest BCUT2D eigenvalue weighted by Crippen LogP contribution is 2.13. The van der Waals surface area contributed by atoms with Gasteiger partial charge in [0.25, 0.3) is 5.91 Å². The van der Waals surface area contributed by atoms with Gasteiger partial charge in [0.15, 0.2) is 0 Å². The van der Waals surface area contributed by atoms with Crippen molar-refractivity contribution in [3.8, 4) is 5.75 Å². The molecule has 0 bridgehead atoms. The lowest BCUT2D eigenvalue weighted by molar-refractivity contribution is 0.0935. The minimum absolute atomic E-state index is 0. The van der Waals surface area contributed by atoms with Crippen molar-refractivity contribution in [1.29, 1.82) is 0 Å². The lowest BCUT2D eigenvalue weighted by Gasteiger charge is -2.16. The van der Waals surface area contributed by atoms with Gasteiger partial charge >= 0.3 is 0 Å². The number of carbonyl (C=O) groups excluding carboxylic acids is 1. The quantitative estimate of drug-likeness (QED) is 0.649. The number of unbranched alkanes of at least 4 members (excludes halogenated alkanes) is 1. The zero-order valence-corrected chi connectivity index (χ0v) is 17.4. The summed E-state index contributed by atoms with van der Waals surface area (Å²) in [6.45, 7) is 4.90. The van der Waals surface area contributed by atoms with Gasteiger partial charge in [-0.1, -0.05) is 31.9 Å². The molecule has 1 amide bonds. The number of hydrogen-bond donors (Lipinski definition) is 2. The number of amides is 1. The van der Waals surface area contributed by atoms with Crippen molar-refractivity contribution in [2.75, 3.05) is 6.54 Å².